The van der Waals surface area contributed by atoms with Crippen LogP contribution in [0, 0.1) is 23.7 Å². The summed E-state index contributed by atoms with van der Waals surface area (Å²) in [5, 5.41) is 12.2. The van der Waals surface area contributed by atoms with Crippen molar-refractivity contribution < 1.29 is 24.2 Å². The molecule has 6 heteroatoms. The highest BCUT2D eigenvalue weighted by atomic mass is 16.5. The minimum atomic E-state index is -0.888. The third kappa shape index (κ3) is 2.81. The van der Waals surface area contributed by atoms with Crippen LogP contribution in [-0.2, 0) is 14.3 Å². The summed E-state index contributed by atoms with van der Waals surface area (Å²) in [7, 11) is 1.29. The molecule has 2 bridgehead atoms. The van der Waals surface area contributed by atoms with Gasteiger partial charge in [-0.2, -0.15) is 0 Å². The Bertz CT molecular complexity index is 656. The van der Waals surface area contributed by atoms with Crippen LogP contribution in [0.5, 0.6) is 0 Å². The minimum Gasteiger partial charge on any atom is -0.481 e. The number of anilines is 1. The Balaban J connectivity index is 1.77. The molecule has 0 radical (unpaired) electrons. The quantitative estimate of drug-likeness (QED) is 0.830. The fourth-order valence-electron chi connectivity index (χ4n) is 4.09. The largest absolute Gasteiger partial charge is 0.481 e. The van der Waals surface area contributed by atoms with E-state index >= 15 is 0 Å². The first-order chi connectivity index (χ1) is 11.0. The molecule has 2 saturated carbocycles. The minimum absolute atomic E-state index is 0.106. The molecule has 2 aliphatic rings. The number of ether oxygens (including phenoxy) is 1. The number of carboxylic acid groups (broad SMARTS) is 1. The summed E-state index contributed by atoms with van der Waals surface area (Å²) in [5.41, 5.74) is 0.817. The van der Waals surface area contributed by atoms with Crippen molar-refractivity contribution >= 4 is 23.5 Å². The zero-order valence-electron chi connectivity index (χ0n) is 12.8. The predicted octanol–water partition coefficient (Wildman–Crippen LogP) is 2.16. The number of carbonyl (C=O) groups is 3. The first-order valence-corrected chi connectivity index (χ1v) is 7.73. The molecule has 0 unspecified atom stereocenters. The molecule has 2 fully saturated rings. The topological polar surface area (TPSA) is 92.7 Å². The molecular formula is C17H19NO5. The summed E-state index contributed by atoms with van der Waals surface area (Å²) in [5.74, 6) is -2.48. The average molecular weight is 317 g/mol. The van der Waals surface area contributed by atoms with Crippen LogP contribution in [-0.4, -0.2) is 30.1 Å². The molecular weight excluding hydrogens is 298 g/mol. The average Bonchev–Trinajstić information content (AvgIpc) is 3.15. The van der Waals surface area contributed by atoms with Crippen LogP contribution in [0.4, 0.5) is 5.69 Å². The van der Waals surface area contributed by atoms with E-state index in [9.17, 15) is 19.5 Å². The van der Waals surface area contributed by atoms with Gasteiger partial charge in [-0.3, -0.25) is 9.59 Å². The smallest absolute Gasteiger partial charge is 0.337 e. The Labute approximate surface area is 133 Å². The standard InChI is InChI=1S/C17H19NO5/c1-23-17(22)11-3-2-4-12(8-11)18-15(19)13-9-5-6-10(7-9)14(13)16(20)21/h2-4,8-10,13-14H,5-7H2,1H3,(H,18,19)(H,20,21)/t9-,10-,13-,14-/m0/s1. The van der Waals surface area contributed by atoms with Crippen molar-refractivity contribution in [2.24, 2.45) is 23.7 Å². The molecule has 1 aromatic rings. The SMILES string of the molecule is COC(=O)c1cccc(NC(=O)[C@H]2[C@H]3CC[C@@H](C3)[C@@H]2C(=O)O)c1. The molecule has 2 aliphatic carbocycles. The normalized spacial score (nSPS) is 28.4. The van der Waals surface area contributed by atoms with E-state index < -0.39 is 23.8 Å². The Kier molecular flexibility index (Phi) is 4.07. The fraction of sp³-hybridized carbons (Fsp3) is 0.471. The molecule has 0 heterocycles. The molecule has 1 amide bonds. The summed E-state index contributed by atoms with van der Waals surface area (Å²) in [6.07, 6.45) is 2.62. The van der Waals surface area contributed by atoms with Crippen molar-refractivity contribution in [3.8, 4) is 0 Å². The van der Waals surface area contributed by atoms with Crippen LogP contribution in [0.2, 0.25) is 0 Å². The van der Waals surface area contributed by atoms with Crippen LogP contribution in [0.1, 0.15) is 29.6 Å². The lowest BCUT2D eigenvalue weighted by Gasteiger charge is -2.27. The van der Waals surface area contributed by atoms with Gasteiger partial charge in [-0.25, -0.2) is 4.79 Å². The third-order valence-electron chi connectivity index (χ3n) is 5.06. The summed E-state index contributed by atoms with van der Waals surface area (Å²) in [6, 6.07) is 6.45. The van der Waals surface area contributed by atoms with E-state index in [1.807, 2.05) is 0 Å². The van der Waals surface area contributed by atoms with Crippen LogP contribution in [0.15, 0.2) is 24.3 Å². The van der Waals surface area contributed by atoms with Gasteiger partial charge in [-0.05, 0) is 49.3 Å². The Hall–Kier alpha value is -2.37. The molecule has 1 aromatic carbocycles. The van der Waals surface area contributed by atoms with Crippen molar-refractivity contribution in [3.63, 3.8) is 0 Å². The maximum Gasteiger partial charge on any atom is 0.337 e. The van der Waals surface area contributed by atoms with Crippen LogP contribution < -0.4 is 5.32 Å². The molecule has 6 nitrogen and oxygen atoms in total. The highest BCUT2D eigenvalue weighted by molar-refractivity contribution is 5.97. The van der Waals surface area contributed by atoms with Crippen molar-refractivity contribution in [2.45, 2.75) is 19.3 Å². The van der Waals surface area contributed by atoms with Crippen LogP contribution in [0.3, 0.4) is 0 Å². The molecule has 3 rings (SSSR count). The summed E-state index contributed by atoms with van der Waals surface area (Å²) < 4.78 is 4.66. The molecule has 122 valence electrons. The number of amides is 1. The Morgan fingerprint density at radius 2 is 1.87 bits per heavy atom. The number of hydrogen-bond acceptors (Lipinski definition) is 4. The van der Waals surface area contributed by atoms with E-state index in [1.165, 1.54) is 13.2 Å². The number of aliphatic carboxylic acids is 1. The molecule has 2 N–H and O–H groups in total. The number of nitrogens with one attached hydrogen (secondary N) is 1. The third-order valence-corrected chi connectivity index (χ3v) is 5.06. The highest BCUT2D eigenvalue weighted by Crippen LogP contribution is 2.52. The van der Waals surface area contributed by atoms with E-state index in [1.54, 1.807) is 18.2 Å². The zero-order valence-corrected chi connectivity index (χ0v) is 12.8. The van der Waals surface area contributed by atoms with E-state index in [0.717, 1.165) is 19.3 Å². The Morgan fingerprint density at radius 3 is 2.52 bits per heavy atom. The molecule has 0 saturated heterocycles. The van der Waals surface area contributed by atoms with E-state index in [0.29, 0.717) is 11.3 Å². The van der Waals surface area contributed by atoms with Gasteiger partial charge in [-0.15, -0.1) is 0 Å². The van der Waals surface area contributed by atoms with Crippen LogP contribution in [0.25, 0.3) is 0 Å². The van der Waals surface area contributed by atoms with Gasteiger partial charge in [0.1, 0.15) is 0 Å². The zero-order chi connectivity index (χ0) is 16.6. The molecule has 4 atom stereocenters. The lowest BCUT2D eigenvalue weighted by molar-refractivity contribution is -0.148. The van der Waals surface area contributed by atoms with E-state index in [2.05, 4.69) is 10.1 Å². The first kappa shape index (κ1) is 15.5. The van der Waals surface area contributed by atoms with Crippen molar-refractivity contribution in [1.82, 2.24) is 0 Å². The van der Waals surface area contributed by atoms with E-state index in [4.69, 9.17) is 0 Å². The summed E-state index contributed by atoms with van der Waals surface area (Å²) in [6.45, 7) is 0. The second-order valence-electron chi connectivity index (χ2n) is 6.28. The van der Waals surface area contributed by atoms with Crippen LogP contribution >= 0.6 is 0 Å². The lowest BCUT2D eigenvalue weighted by atomic mass is 9.78. The number of fused-ring (bicyclic) bond motifs is 2. The van der Waals surface area contributed by atoms with Crippen molar-refractivity contribution in [3.05, 3.63) is 29.8 Å². The maximum atomic E-state index is 12.6. The number of hydrogen-bond donors (Lipinski definition) is 2. The highest BCUT2D eigenvalue weighted by Gasteiger charge is 2.53. The monoisotopic (exact) mass is 317 g/mol. The number of rotatable bonds is 4. The van der Waals surface area contributed by atoms with Gasteiger partial charge < -0.3 is 15.2 Å². The first-order valence-electron chi connectivity index (χ1n) is 7.73. The maximum absolute atomic E-state index is 12.6. The molecule has 0 spiro atoms. The van der Waals surface area contributed by atoms with Gasteiger partial charge in [0.15, 0.2) is 0 Å². The predicted molar refractivity (Wildman–Crippen MR) is 81.9 cm³/mol. The van der Waals surface area contributed by atoms with Gasteiger partial charge in [-0.1, -0.05) is 6.07 Å². The van der Waals surface area contributed by atoms with Gasteiger partial charge in [0.25, 0.3) is 0 Å². The number of methoxy groups -OCH3 is 1. The summed E-state index contributed by atoms with van der Waals surface area (Å²) >= 11 is 0. The number of benzene rings is 1. The molecule has 0 aromatic heterocycles. The van der Waals surface area contributed by atoms with Gasteiger partial charge in [0.2, 0.25) is 5.91 Å². The Morgan fingerprint density at radius 1 is 1.17 bits per heavy atom. The molecule has 23 heavy (non-hydrogen) atoms. The summed E-state index contributed by atoms with van der Waals surface area (Å²) in [4.78, 5) is 35.6. The number of esters is 1. The number of carbonyl (C=O) groups excluding carboxylic acids is 2. The van der Waals surface area contributed by atoms with Gasteiger partial charge in [0.05, 0.1) is 24.5 Å². The second-order valence-corrected chi connectivity index (χ2v) is 6.28. The van der Waals surface area contributed by atoms with E-state index in [-0.39, 0.29) is 17.7 Å². The molecule has 0 aliphatic heterocycles. The fourth-order valence-corrected chi connectivity index (χ4v) is 4.09. The van der Waals surface area contributed by atoms with Crippen molar-refractivity contribution in [1.29, 1.82) is 0 Å². The second kappa shape index (κ2) is 6.02. The van der Waals surface area contributed by atoms with Gasteiger partial charge >= 0.3 is 11.9 Å². The lowest BCUT2D eigenvalue weighted by Crippen LogP contribution is -2.37. The van der Waals surface area contributed by atoms with Crippen molar-refractivity contribution in [2.75, 3.05) is 12.4 Å². The van der Waals surface area contributed by atoms with Gasteiger partial charge in [0, 0.05) is 5.69 Å². The number of carboxylic acids is 1.